The molecule has 2 unspecified atom stereocenters. The first-order chi connectivity index (χ1) is 13.1. The van der Waals surface area contributed by atoms with Crippen LogP contribution in [0.4, 0.5) is 0 Å². The van der Waals surface area contributed by atoms with Crippen molar-refractivity contribution in [2.45, 2.75) is 51.1 Å². The zero-order valence-electron chi connectivity index (χ0n) is 15.5. The molecular formula is C21H25N3O3. The van der Waals surface area contributed by atoms with Crippen LogP contribution in [0, 0.1) is 5.92 Å². The van der Waals surface area contributed by atoms with Crippen LogP contribution in [0.2, 0.25) is 0 Å². The fourth-order valence-corrected chi connectivity index (χ4v) is 4.54. The molecule has 2 atom stereocenters. The van der Waals surface area contributed by atoms with Gasteiger partial charge in [-0.15, -0.1) is 0 Å². The summed E-state index contributed by atoms with van der Waals surface area (Å²) in [6.07, 6.45) is 6.70. The maximum Gasteiger partial charge on any atom is 0.308 e. The Labute approximate surface area is 158 Å². The normalized spacial score (nSPS) is 23.1. The standard InChI is InChI=1S/C21H25N3O3/c1-14-17(21(26)27)11-12-23(14)20(25)18-13-22-24(16-9-5-6-10-16)19(18)15-7-3-2-4-8-15/h2-4,7-8,13-14,16-17H,5-6,9-12H2,1H3,(H,26,27). The van der Waals surface area contributed by atoms with Gasteiger partial charge in [-0.1, -0.05) is 43.2 Å². The molecule has 0 bridgehead atoms. The summed E-state index contributed by atoms with van der Waals surface area (Å²) in [5.41, 5.74) is 2.41. The van der Waals surface area contributed by atoms with Crippen LogP contribution in [0.25, 0.3) is 11.3 Å². The fraction of sp³-hybridized carbons (Fsp3) is 0.476. The molecule has 27 heavy (non-hydrogen) atoms. The zero-order valence-corrected chi connectivity index (χ0v) is 15.5. The molecule has 4 rings (SSSR count). The van der Waals surface area contributed by atoms with E-state index in [1.807, 2.05) is 41.9 Å². The van der Waals surface area contributed by atoms with Gasteiger partial charge in [-0.05, 0) is 26.2 Å². The van der Waals surface area contributed by atoms with Crippen molar-refractivity contribution in [2.75, 3.05) is 6.54 Å². The van der Waals surface area contributed by atoms with E-state index in [-0.39, 0.29) is 11.9 Å². The van der Waals surface area contributed by atoms with E-state index in [2.05, 4.69) is 5.10 Å². The third-order valence-corrected chi connectivity index (χ3v) is 6.08. The second kappa shape index (κ2) is 7.18. The molecule has 6 heteroatoms. The summed E-state index contributed by atoms with van der Waals surface area (Å²) >= 11 is 0. The van der Waals surface area contributed by atoms with Crippen molar-refractivity contribution in [2.24, 2.45) is 5.92 Å². The number of likely N-dealkylation sites (tertiary alicyclic amines) is 1. The quantitative estimate of drug-likeness (QED) is 0.896. The van der Waals surface area contributed by atoms with Gasteiger partial charge in [0.1, 0.15) is 0 Å². The Morgan fingerprint density at radius 3 is 2.44 bits per heavy atom. The van der Waals surface area contributed by atoms with Crippen LogP contribution < -0.4 is 0 Å². The van der Waals surface area contributed by atoms with Crippen molar-refractivity contribution in [3.05, 3.63) is 42.1 Å². The first-order valence-corrected chi connectivity index (χ1v) is 9.74. The van der Waals surface area contributed by atoms with Gasteiger partial charge < -0.3 is 10.0 Å². The monoisotopic (exact) mass is 367 g/mol. The van der Waals surface area contributed by atoms with E-state index in [9.17, 15) is 14.7 Å². The molecule has 1 saturated heterocycles. The first-order valence-electron chi connectivity index (χ1n) is 9.74. The van der Waals surface area contributed by atoms with Crippen molar-refractivity contribution >= 4 is 11.9 Å². The van der Waals surface area contributed by atoms with E-state index in [1.54, 1.807) is 11.1 Å². The highest BCUT2D eigenvalue weighted by atomic mass is 16.4. The molecule has 2 heterocycles. The number of carbonyl (C=O) groups is 2. The minimum absolute atomic E-state index is 0.116. The van der Waals surface area contributed by atoms with Gasteiger partial charge in [0, 0.05) is 18.2 Å². The summed E-state index contributed by atoms with van der Waals surface area (Å²) in [6, 6.07) is 9.92. The van der Waals surface area contributed by atoms with Crippen molar-refractivity contribution in [3.8, 4) is 11.3 Å². The van der Waals surface area contributed by atoms with E-state index in [0.29, 0.717) is 24.6 Å². The summed E-state index contributed by atoms with van der Waals surface area (Å²) < 4.78 is 2.02. The number of hydrogen-bond donors (Lipinski definition) is 1. The van der Waals surface area contributed by atoms with E-state index >= 15 is 0 Å². The first kappa shape index (κ1) is 17.8. The highest BCUT2D eigenvalue weighted by molar-refractivity contribution is 6.00. The number of aliphatic carboxylic acids is 1. The number of amides is 1. The van der Waals surface area contributed by atoms with Crippen molar-refractivity contribution < 1.29 is 14.7 Å². The molecule has 2 fully saturated rings. The molecule has 0 radical (unpaired) electrons. The molecule has 1 N–H and O–H groups in total. The van der Waals surface area contributed by atoms with Crippen molar-refractivity contribution in [1.82, 2.24) is 14.7 Å². The molecule has 0 spiro atoms. The van der Waals surface area contributed by atoms with Crippen LogP contribution in [-0.4, -0.2) is 44.3 Å². The molecular weight excluding hydrogens is 342 g/mol. The highest BCUT2D eigenvalue weighted by Gasteiger charge is 2.39. The van der Waals surface area contributed by atoms with Crippen molar-refractivity contribution in [1.29, 1.82) is 0 Å². The van der Waals surface area contributed by atoms with E-state index in [4.69, 9.17) is 0 Å². The molecule has 1 aliphatic heterocycles. The van der Waals surface area contributed by atoms with Crippen LogP contribution in [0.3, 0.4) is 0 Å². The maximum absolute atomic E-state index is 13.3. The number of nitrogens with zero attached hydrogens (tertiary/aromatic N) is 3. The Morgan fingerprint density at radius 2 is 1.81 bits per heavy atom. The topological polar surface area (TPSA) is 75.4 Å². The zero-order chi connectivity index (χ0) is 19.0. The minimum atomic E-state index is -0.831. The molecule has 1 aromatic heterocycles. The fourth-order valence-electron chi connectivity index (χ4n) is 4.54. The van der Waals surface area contributed by atoms with E-state index < -0.39 is 11.9 Å². The average molecular weight is 367 g/mol. The molecule has 2 aliphatic rings. The smallest absolute Gasteiger partial charge is 0.308 e. The number of rotatable bonds is 4. The molecule has 2 aromatic rings. The summed E-state index contributed by atoms with van der Waals surface area (Å²) in [7, 11) is 0. The Hall–Kier alpha value is -2.63. The molecule has 142 valence electrons. The van der Waals surface area contributed by atoms with Crippen LogP contribution in [-0.2, 0) is 4.79 Å². The summed E-state index contributed by atoms with van der Waals surface area (Å²) in [6.45, 7) is 2.30. The Kier molecular flexibility index (Phi) is 4.72. The summed E-state index contributed by atoms with van der Waals surface area (Å²) in [4.78, 5) is 26.5. The summed E-state index contributed by atoms with van der Waals surface area (Å²) in [5.74, 6) is -1.45. The van der Waals surface area contributed by atoms with Crippen LogP contribution in [0.15, 0.2) is 36.5 Å². The lowest BCUT2D eigenvalue weighted by molar-refractivity contribution is -0.142. The largest absolute Gasteiger partial charge is 0.481 e. The van der Waals surface area contributed by atoms with Gasteiger partial charge in [0.15, 0.2) is 0 Å². The number of carbonyl (C=O) groups excluding carboxylic acids is 1. The van der Waals surface area contributed by atoms with Gasteiger partial charge in [0.25, 0.3) is 5.91 Å². The number of carboxylic acids is 1. The predicted octanol–water partition coefficient (Wildman–Crippen LogP) is 3.60. The van der Waals surface area contributed by atoms with Crippen LogP contribution in [0.5, 0.6) is 0 Å². The Bertz CT molecular complexity index is 840. The maximum atomic E-state index is 13.3. The third-order valence-electron chi connectivity index (χ3n) is 6.08. The highest BCUT2D eigenvalue weighted by Crippen LogP contribution is 2.36. The molecule has 1 amide bonds. The number of aromatic nitrogens is 2. The second-order valence-corrected chi connectivity index (χ2v) is 7.63. The predicted molar refractivity (Wildman–Crippen MR) is 101 cm³/mol. The lowest BCUT2D eigenvalue weighted by atomic mass is 10.0. The number of benzene rings is 1. The van der Waals surface area contributed by atoms with Crippen LogP contribution >= 0.6 is 0 Å². The third kappa shape index (κ3) is 3.13. The Balaban J connectivity index is 1.72. The number of carboxylic acid groups (broad SMARTS) is 1. The van der Waals surface area contributed by atoms with Crippen molar-refractivity contribution in [3.63, 3.8) is 0 Å². The van der Waals surface area contributed by atoms with E-state index in [0.717, 1.165) is 24.1 Å². The van der Waals surface area contributed by atoms with Gasteiger partial charge in [-0.25, -0.2) is 0 Å². The van der Waals surface area contributed by atoms with Crippen LogP contribution in [0.1, 0.15) is 55.4 Å². The summed E-state index contributed by atoms with van der Waals surface area (Å²) in [5, 5.41) is 14.0. The molecule has 6 nitrogen and oxygen atoms in total. The van der Waals surface area contributed by atoms with Gasteiger partial charge in [0.05, 0.1) is 29.4 Å². The average Bonchev–Trinajstić information content (AvgIpc) is 3.40. The number of hydrogen-bond acceptors (Lipinski definition) is 3. The molecule has 1 aromatic carbocycles. The van der Waals surface area contributed by atoms with Gasteiger partial charge in [-0.3, -0.25) is 14.3 Å². The second-order valence-electron chi connectivity index (χ2n) is 7.63. The van der Waals surface area contributed by atoms with E-state index in [1.165, 1.54) is 12.8 Å². The molecule has 1 aliphatic carbocycles. The van der Waals surface area contributed by atoms with Gasteiger partial charge in [0.2, 0.25) is 0 Å². The van der Waals surface area contributed by atoms with Gasteiger partial charge >= 0.3 is 5.97 Å². The minimum Gasteiger partial charge on any atom is -0.481 e. The molecule has 1 saturated carbocycles. The lowest BCUT2D eigenvalue weighted by Crippen LogP contribution is -2.37. The lowest BCUT2D eigenvalue weighted by Gasteiger charge is -2.24. The SMILES string of the molecule is CC1C(C(=O)O)CCN1C(=O)c1cnn(C2CCCC2)c1-c1ccccc1. The van der Waals surface area contributed by atoms with Gasteiger partial charge in [-0.2, -0.15) is 5.10 Å². The Morgan fingerprint density at radius 1 is 1.11 bits per heavy atom.